The van der Waals surface area contributed by atoms with Crippen molar-refractivity contribution in [2.45, 2.75) is 19.3 Å². The average molecular weight is 321 g/mol. The molecule has 0 spiro atoms. The van der Waals surface area contributed by atoms with Crippen molar-refractivity contribution >= 4 is 11.7 Å². The molecule has 1 N–H and O–H groups in total. The van der Waals surface area contributed by atoms with Gasteiger partial charge in [-0.2, -0.15) is 5.10 Å². The third kappa shape index (κ3) is 2.48. The van der Waals surface area contributed by atoms with Gasteiger partial charge in [-0.15, -0.1) is 0 Å². The van der Waals surface area contributed by atoms with Gasteiger partial charge >= 0.3 is 0 Å². The Morgan fingerprint density at radius 2 is 1.83 bits per heavy atom. The van der Waals surface area contributed by atoms with Crippen LogP contribution in [0.1, 0.15) is 29.0 Å². The Morgan fingerprint density at radius 3 is 2.54 bits per heavy atom. The number of nitrogens with one attached hydrogen (secondary N) is 1. The van der Waals surface area contributed by atoms with Gasteiger partial charge in [0.2, 0.25) is 5.91 Å². The largest absolute Gasteiger partial charge is 0.310 e. The van der Waals surface area contributed by atoms with Gasteiger partial charge in [0.25, 0.3) is 0 Å². The molecular weight excluding hydrogens is 305 g/mol. The van der Waals surface area contributed by atoms with E-state index in [4.69, 9.17) is 0 Å². The molecular formula is C19H16FN3O. The monoisotopic (exact) mass is 321 g/mol. The number of carbonyl (C=O) groups excluding carboxylic acids is 1. The molecule has 0 bridgehead atoms. The molecule has 1 amide bonds. The van der Waals surface area contributed by atoms with Crippen LogP contribution in [0.3, 0.4) is 0 Å². The molecule has 0 unspecified atom stereocenters. The van der Waals surface area contributed by atoms with E-state index in [0.717, 1.165) is 22.4 Å². The second kappa shape index (κ2) is 5.60. The number of nitrogens with zero attached hydrogens (tertiary/aromatic N) is 2. The molecule has 4 rings (SSSR count). The number of benzene rings is 2. The van der Waals surface area contributed by atoms with Crippen LogP contribution in [0, 0.1) is 12.7 Å². The number of fused-ring (bicyclic) bond motifs is 1. The van der Waals surface area contributed by atoms with Crippen molar-refractivity contribution in [1.82, 2.24) is 9.78 Å². The Morgan fingerprint density at radius 1 is 1.12 bits per heavy atom. The fourth-order valence-electron chi connectivity index (χ4n) is 3.09. The van der Waals surface area contributed by atoms with E-state index < -0.39 is 0 Å². The molecule has 1 aromatic heterocycles. The summed E-state index contributed by atoms with van der Waals surface area (Å²) in [4.78, 5) is 12.2. The van der Waals surface area contributed by atoms with Crippen LogP contribution in [-0.4, -0.2) is 15.7 Å². The number of halogens is 1. The van der Waals surface area contributed by atoms with Crippen LogP contribution in [0.5, 0.6) is 0 Å². The summed E-state index contributed by atoms with van der Waals surface area (Å²) in [7, 11) is 0. The van der Waals surface area contributed by atoms with Gasteiger partial charge in [0.1, 0.15) is 11.6 Å². The third-order valence-electron chi connectivity index (χ3n) is 4.37. The van der Waals surface area contributed by atoms with Crippen molar-refractivity contribution in [3.8, 4) is 5.69 Å². The lowest BCUT2D eigenvalue weighted by Crippen LogP contribution is -2.24. The number of hydrogen-bond donors (Lipinski definition) is 1. The lowest BCUT2D eigenvalue weighted by Gasteiger charge is -2.23. The van der Waals surface area contributed by atoms with Crippen LogP contribution in [0.2, 0.25) is 0 Å². The second-order valence-corrected chi connectivity index (χ2v) is 6.05. The first-order valence-corrected chi connectivity index (χ1v) is 7.82. The predicted octanol–water partition coefficient (Wildman–Crippen LogP) is 3.79. The lowest BCUT2D eigenvalue weighted by molar-refractivity contribution is -0.116. The van der Waals surface area contributed by atoms with E-state index in [1.807, 2.05) is 31.2 Å². The number of hydrogen-bond acceptors (Lipinski definition) is 2. The highest BCUT2D eigenvalue weighted by Gasteiger charge is 2.30. The molecule has 4 nitrogen and oxygen atoms in total. The normalized spacial score (nSPS) is 16.6. The molecule has 2 heterocycles. The van der Waals surface area contributed by atoms with Crippen LogP contribution in [0.15, 0.2) is 54.7 Å². The van der Waals surface area contributed by atoms with E-state index in [1.54, 1.807) is 23.0 Å². The van der Waals surface area contributed by atoms with Crippen molar-refractivity contribution in [3.05, 3.63) is 77.2 Å². The Labute approximate surface area is 138 Å². The summed E-state index contributed by atoms with van der Waals surface area (Å²) in [5, 5.41) is 7.37. The molecule has 1 atom stereocenters. The molecule has 120 valence electrons. The SMILES string of the molecule is Cc1ccc(-n2ncc3c2NC(=O)C[C@H]3c2ccc(F)cc2)cc1. The van der Waals surface area contributed by atoms with Gasteiger partial charge in [0.05, 0.1) is 11.9 Å². The molecule has 0 radical (unpaired) electrons. The van der Waals surface area contributed by atoms with E-state index in [9.17, 15) is 9.18 Å². The lowest BCUT2D eigenvalue weighted by atomic mass is 9.87. The molecule has 1 aliphatic heterocycles. The molecule has 5 heteroatoms. The van der Waals surface area contributed by atoms with Crippen LogP contribution < -0.4 is 5.32 Å². The summed E-state index contributed by atoms with van der Waals surface area (Å²) in [5.41, 5.74) is 3.91. The van der Waals surface area contributed by atoms with Crippen LogP contribution in [0.4, 0.5) is 10.2 Å². The maximum atomic E-state index is 13.2. The number of aromatic nitrogens is 2. The van der Waals surface area contributed by atoms with E-state index >= 15 is 0 Å². The Bertz CT molecular complexity index is 897. The van der Waals surface area contributed by atoms with Gasteiger partial charge in [0.15, 0.2) is 0 Å². The molecule has 0 aliphatic carbocycles. The molecule has 1 aliphatic rings. The van der Waals surface area contributed by atoms with E-state index in [-0.39, 0.29) is 17.6 Å². The summed E-state index contributed by atoms with van der Waals surface area (Å²) in [6.45, 7) is 2.02. The molecule has 0 saturated carbocycles. The highest BCUT2D eigenvalue weighted by atomic mass is 19.1. The molecule has 2 aromatic carbocycles. The van der Waals surface area contributed by atoms with Gasteiger partial charge < -0.3 is 5.32 Å². The second-order valence-electron chi connectivity index (χ2n) is 6.05. The van der Waals surface area contributed by atoms with Crippen molar-refractivity contribution in [3.63, 3.8) is 0 Å². The minimum absolute atomic E-state index is 0.0642. The maximum Gasteiger partial charge on any atom is 0.226 e. The molecule has 3 aromatic rings. The highest BCUT2D eigenvalue weighted by Crippen LogP contribution is 2.37. The van der Waals surface area contributed by atoms with E-state index in [1.165, 1.54) is 12.1 Å². The van der Waals surface area contributed by atoms with Gasteiger partial charge in [-0.25, -0.2) is 9.07 Å². The Hall–Kier alpha value is -2.95. The standard InChI is InChI=1S/C19H16FN3O/c1-12-2-8-15(9-3-12)23-19-17(11-21-23)16(10-18(24)22-19)13-4-6-14(20)7-5-13/h2-9,11,16H,10H2,1H3,(H,22,24)/t16-/m0/s1. The van der Waals surface area contributed by atoms with Gasteiger partial charge in [-0.05, 0) is 36.8 Å². The van der Waals surface area contributed by atoms with Crippen molar-refractivity contribution in [2.24, 2.45) is 0 Å². The number of aryl methyl sites for hydroxylation is 1. The van der Waals surface area contributed by atoms with Gasteiger partial charge in [-0.3, -0.25) is 4.79 Å². The summed E-state index contributed by atoms with van der Waals surface area (Å²) < 4.78 is 14.9. The Balaban J connectivity index is 1.80. The molecule has 0 saturated heterocycles. The quantitative estimate of drug-likeness (QED) is 0.780. The van der Waals surface area contributed by atoms with Crippen LogP contribution in [0.25, 0.3) is 5.69 Å². The van der Waals surface area contributed by atoms with Crippen LogP contribution >= 0.6 is 0 Å². The number of rotatable bonds is 2. The van der Waals surface area contributed by atoms with Crippen molar-refractivity contribution < 1.29 is 9.18 Å². The highest BCUT2D eigenvalue weighted by molar-refractivity contribution is 5.94. The average Bonchev–Trinajstić information content (AvgIpc) is 2.99. The first-order chi connectivity index (χ1) is 11.6. The fourth-order valence-corrected chi connectivity index (χ4v) is 3.09. The molecule has 24 heavy (non-hydrogen) atoms. The topological polar surface area (TPSA) is 46.9 Å². The molecule has 0 fully saturated rings. The van der Waals surface area contributed by atoms with Crippen molar-refractivity contribution in [1.29, 1.82) is 0 Å². The zero-order valence-corrected chi connectivity index (χ0v) is 13.2. The zero-order chi connectivity index (χ0) is 16.7. The summed E-state index contributed by atoms with van der Waals surface area (Å²) in [6, 6.07) is 14.2. The maximum absolute atomic E-state index is 13.2. The van der Waals surface area contributed by atoms with Gasteiger partial charge in [0, 0.05) is 17.9 Å². The smallest absolute Gasteiger partial charge is 0.226 e. The number of amides is 1. The summed E-state index contributed by atoms with van der Waals surface area (Å²) in [5.74, 6) is 0.221. The number of anilines is 1. The van der Waals surface area contributed by atoms with Crippen molar-refractivity contribution in [2.75, 3.05) is 5.32 Å². The van der Waals surface area contributed by atoms with E-state index in [2.05, 4.69) is 10.4 Å². The Kier molecular flexibility index (Phi) is 3.41. The van der Waals surface area contributed by atoms with Gasteiger partial charge in [-0.1, -0.05) is 29.8 Å². The fraction of sp³-hybridized carbons (Fsp3) is 0.158. The summed E-state index contributed by atoms with van der Waals surface area (Å²) >= 11 is 0. The summed E-state index contributed by atoms with van der Waals surface area (Å²) in [6.07, 6.45) is 2.11. The zero-order valence-electron chi connectivity index (χ0n) is 13.2. The van der Waals surface area contributed by atoms with E-state index in [0.29, 0.717) is 12.2 Å². The third-order valence-corrected chi connectivity index (χ3v) is 4.37. The first-order valence-electron chi connectivity index (χ1n) is 7.82. The predicted molar refractivity (Wildman–Crippen MR) is 89.8 cm³/mol. The first kappa shape index (κ1) is 14.6. The number of carbonyl (C=O) groups is 1. The minimum atomic E-state index is -0.283. The van der Waals surface area contributed by atoms with Crippen LogP contribution in [-0.2, 0) is 4.79 Å². The minimum Gasteiger partial charge on any atom is -0.310 e.